The number of para-hydroxylation sites is 1. The summed E-state index contributed by atoms with van der Waals surface area (Å²) < 4.78 is 18.9. The van der Waals surface area contributed by atoms with Gasteiger partial charge >= 0.3 is 0 Å². The molecule has 296 valence electrons. The van der Waals surface area contributed by atoms with Gasteiger partial charge in [-0.05, 0) is 74.0 Å². The third-order valence-electron chi connectivity index (χ3n) is 12.6. The van der Waals surface area contributed by atoms with Gasteiger partial charge in [-0.15, -0.1) is 0 Å². The zero-order valence-electron chi connectivity index (χ0n) is 33.3. The van der Waals surface area contributed by atoms with Crippen LogP contribution in [0.4, 0.5) is 11.4 Å². The zero-order valence-corrected chi connectivity index (χ0v) is 34.3. The molecule has 1 unspecified atom stereocenters. The molecule has 2 fully saturated rings. The second-order valence-corrected chi connectivity index (χ2v) is 20.8. The summed E-state index contributed by atoms with van der Waals surface area (Å²) in [6, 6.07) is 34.4. The number of carbonyl (C=O) groups excluding carboxylic acids is 2. The number of nitrogens with one attached hydrogen (secondary N) is 1. The van der Waals surface area contributed by atoms with Gasteiger partial charge in [-0.3, -0.25) is 14.5 Å². The highest BCUT2D eigenvalue weighted by atomic mass is 28.3. The summed E-state index contributed by atoms with van der Waals surface area (Å²) in [6.07, 6.45) is 1.04. The van der Waals surface area contributed by atoms with E-state index >= 15 is 0 Å². The fourth-order valence-corrected chi connectivity index (χ4v) is 12.6. The van der Waals surface area contributed by atoms with Gasteiger partial charge < -0.3 is 34.4 Å². The fraction of sp³-hybridized carbons (Fsp3) is 0.422. The Balaban J connectivity index is 1.22. The number of ether oxygens (including phenoxy) is 3. The highest BCUT2D eigenvalue weighted by molar-refractivity contribution is 6.91. The number of nitrogens with zero attached hydrogens (tertiary/aromatic N) is 3. The van der Waals surface area contributed by atoms with Gasteiger partial charge in [-0.2, -0.15) is 0 Å². The van der Waals surface area contributed by atoms with E-state index in [9.17, 15) is 14.7 Å². The number of carbonyl (C=O) groups is 2. The summed E-state index contributed by atoms with van der Waals surface area (Å²) in [4.78, 5) is 34.9. The minimum Gasteiger partial charge on any atom is -0.497 e. The van der Waals surface area contributed by atoms with E-state index in [0.717, 1.165) is 54.2 Å². The number of aliphatic hydroxyl groups is 1. The van der Waals surface area contributed by atoms with Crippen LogP contribution in [0.1, 0.15) is 43.4 Å². The minimum absolute atomic E-state index is 0.0183. The normalized spacial score (nSPS) is 21.0. The van der Waals surface area contributed by atoms with Gasteiger partial charge in [-0.1, -0.05) is 85.9 Å². The van der Waals surface area contributed by atoms with Gasteiger partial charge in [0.1, 0.15) is 23.1 Å². The van der Waals surface area contributed by atoms with Gasteiger partial charge in [0, 0.05) is 55.0 Å². The number of methoxy groups -OCH3 is 2. The highest BCUT2D eigenvalue weighted by Gasteiger charge is 2.54. The maximum atomic E-state index is 14.5. The average Bonchev–Trinajstić information content (AvgIpc) is 3.50. The maximum absolute atomic E-state index is 14.5. The van der Waals surface area contributed by atoms with Crippen molar-refractivity contribution in [2.45, 2.75) is 69.1 Å². The van der Waals surface area contributed by atoms with Crippen LogP contribution in [0.2, 0.25) is 18.6 Å². The predicted molar refractivity (Wildman–Crippen MR) is 223 cm³/mol. The molecule has 0 bridgehead atoms. The number of hydrogen-bond donors (Lipinski definition) is 2. The molecule has 1 spiro atoms. The molecule has 2 amide bonds. The molecule has 56 heavy (non-hydrogen) atoms. The van der Waals surface area contributed by atoms with Crippen molar-refractivity contribution in [3.63, 3.8) is 0 Å². The SMILES string of the molecule is COc1ccc([Si](C)(C)C(CC(=O)N(CCO)Cc2ccccc2)[C@@H]2Oc3ccc(N4CN(c5ccccc5)C5(CCNCC5)C4=O)cc3[C@H](OC)[C@H]2C)cc1. The number of anilines is 2. The molecule has 10 nitrogen and oxygen atoms in total. The van der Waals surface area contributed by atoms with E-state index in [2.05, 4.69) is 60.6 Å². The van der Waals surface area contributed by atoms with Crippen LogP contribution in [0.3, 0.4) is 0 Å². The second kappa shape index (κ2) is 16.8. The van der Waals surface area contributed by atoms with E-state index in [1.165, 1.54) is 5.19 Å². The van der Waals surface area contributed by atoms with Crippen molar-refractivity contribution >= 4 is 36.4 Å². The Bertz CT molecular complexity index is 1960. The first kappa shape index (κ1) is 39.5. The number of fused-ring (bicyclic) bond motifs is 1. The molecule has 4 aromatic carbocycles. The number of piperidine rings is 1. The molecular weight excluding hydrogens is 721 g/mol. The number of amides is 2. The summed E-state index contributed by atoms with van der Waals surface area (Å²) in [5.41, 5.74) is 3.02. The molecule has 4 atom stereocenters. The lowest BCUT2D eigenvalue weighted by atomic mass is 9.85. The predicted octanol–water partition coefficient (Wildman–Crippen LogP) is 6.11. The molecule has 0 saturated carbocycles. The Kier molecular flexibility index (Phi) is 11.9. The highest BCUT2D eigenvalue weighted by Crippen LogP contribution is 2.49. The van der Waals surface area contributed by atoms with E-state index in [1.54, 1.807) is 19.1 Å². The van der Waals surface area contributed by atoms with Crippen LogP contribution < -0.4 is 29.8 Å². The van der Waals surface area contributed by atoms with Gasteiger partial charge in [0.15, 0.2) is 0 Å². The van der Waals surface area contributed by atoms with Gasteiger partial charge in [0.25, 0.3) is 5.91 Å². The van der Waals surface area contributed by atoms with E-state index in [-0.39, 0.29) is 55.1 Å². The minimum atomic E-state index is -2.47. The summed E-state index contributed by atoms with van der Waals surface area (Å²) in [5, 5.41) is 14.7. The standard InChI is InChI=1S/C45H56N4O6Si/c1-32-42(54-3)38-28-35(48-31-49(34-14-10-7-11-15-34)45(44(48)52)22-24-46-25-23-45)16-21-39(38)55-43(32)40(56(4,5)37-19-17-36(53-2)18-20-37)29-41(51)47(26-27-50)30-33-12-8-6-9-13-33/h6-21,28,32,40,42-43,46,50H,22-27,29-31H2,1-5H3/t32-,40?,42-,43-/m1/s1. The van der Waals surface area contributed by atoms with Crippen LogP contribution in [0, 0.1) is 5.92 Å². The molecule has 4 aromatic rings. The molecule has 0 radical (unpaired) electrons. The van der Waals surface area contributed by atoms with E-state index < -0.39 is 13.6 Å². The Morgan fingerprint density at radius 2 is 1.64 bits per heavy atom. The maximum Gasteiger partial charge on any atom is 0.254 e. The molecular formula is C45H56N4O6Si. The molecule has 11 heteroatoms. The summed E-state index contributed by atoms with van der Waals surface area (Å²) in [6.45, 7) is 9.34. The average molecular weight is 777 g/mol. The number of aliphatic hydroxyl groups excluding tert-OH is 1. The van der Waals surface area contributed by atoms with Crippen molar-refractivity contribution in [3.05, 3.63) is 114 Å². The molecule has 7 rings (SSSR count). The largest absolute Gasteiger partial charge is 0.497 e. The molecule has 2 saturated heterocycles. The summed E-state index contributed by atoms with van der Waals surface area (Å²) in [5.74, 6) is 1.46. The summed E-state index contributed by atoms with van der Waals surface area (Å²) in [7, 11) is 0.923. The van der Waals surface area contributed by atoms with Gasteiger partial charge in [-0.25, -0.2) is 0 Å². The van der Waals surface area contributed by atoms with Crippen molar-refractivity contribution < 1.29 is 28.9 Å². The summed E-state index contributed by atoms with van der Waals surface area (Å²) >= 11 is 0. The van der Waals surface area contributed by atoms with Crippen LogP contribution in [0.25, 0.3) is 0 Å². The van der Waals surface area contributed by atoms with Crippen LogP contribution in [0.5, 0.6) is 11.5 Å². The van der Waals surface area contributed by atoms with Crippen LogP contribution in [0.15, 0.2) is 103 Å². The quantitative estimate of drug-likeness (QED) is 0.157. The van der Waals surface area contributed by atoms with Crippen LogP contribution in [-0.2, 0) is 20.9 Å². The number of benzene rings is 4. The van der Waals surface area contributed by atoms with E-state index in [1.807, 2.05) is 77.7 Å². The van der Waals surface area contributed by atoms with Crippen molar-refractivity contribution in [1.82, 2.24) is 10.2 Å². The topological polar surface area (TPSA) is 104 Å². The monoisotopic (exact) mass is 776 g/mol. The fourth-order valence-electron chi connectivity index (χ4n) is 9.25. The first-order valence-corrected chi connectivity index (χ1v) is 22.9. The smallest absolute Gasteiger partial charge is 0.254 e. The lowest BCUT2D eigenvalue weighted by Crippen LogP contribution is -2.55. The van der Waals surface area contributed by atoms with Crippen LogP contribution >= 0.6 is 0 Å². The Labute approximate surface area is 332 Å². The third kappa shape index (κ3) is 7.57. The lowest BCUT2D eigenvalue weighted by Gasteiger charge is -2.46. The second-order valence-electron chi connectivity index (χ2n) is 16.0. The molecule has 0 aliphatic carbocycles. The molecule has 2 N–H and O–H groups in total. The first-order valence-electron chi connectivity index (χ1n) is 19.9. The molecule has 3 aliphatic heterocycles. The molecule has 3 aliphatic rings. The van der Waals surface area contributed by atoms with Crippen molar-refractivity contribution in [2.75, 3.05) is 56.9 Å². The molecule has 3 heterocycles. The zero-order chi connectivity index (χ0) is 39.5. The van der Waals surface area contributed by atoms with Gasteiger partial charge in [0.05, 0.1) is 34.6 Å². The van der Waals surface area contributed by atoms with E-state index in [0.29, 0.717) is 19.0 Å². The first-order chi connectivity index (χ1) is 27.1. The Hall–Kier alpha value is -4.68. The Morgan fingerprint density at radius 1 is 0.964 bits per heavy atom. The molecule has 0 aromatic heterocycles. The van der Waals surface area contributed by atoms with Crippen molar-refractivity contribution in [2.24, 2.45) is 5.92 Å². The van der Waals surface area contributed by atoms with Crippen molar-refractivity contribution in [1.29, 1.82) is 0 Å². The van der Waals surface area contributed by atoms with Gasteiger partial charge in [0.2, 0.25) is 5.91 Å². The number of hydrogen-bond acceptors (Lipinski definition) is 8. The van der Waals surface area contributed by atoms with E-state index in [4.69, 9.17) is 14.2 Å². The Morgan fingerprint density at radius 3 is 2.29 bits per heavy atom. The van der Waals surface area contributed by atoms with Crippen molar-refractivity contribution in [3.8, 4) is 11.5 Å². The lowest BCUT2D eigenvalue weighted by molar-refractivity contribution is -0.133. The van der Waals surface area contributed by atoms with Crippen LogP contribution in [-0.4, -0.2) is 88.7 Å². The number of rotatable bonds is 13. The third-order valence-corrected chi connectivity index (χ3v) is 16.8.